The van der Waals surface area contributed by atoms with Gasteiger partial charge < -0.3 is 4.90 Å². The smallest absolute Gasteiger partial charge is 0.129 e. The summed E-state index contributed by atoms with van der Waals surface area (Å²) in [7, 11) is 0. The predicted molar refractivity (Wildman–Crippen MR) is 95.1 cm³/mol. The maximum absolute atomic E-state index is 4.60. The van der Waals surface area contributed by atoms with Crippen molar-refractivity contribution in [3.8, 4) is 0 Å². The van der Waals surface area contributed by atoms with Crippen molar-refractivity contribution < 1.29 is 0 Å². The second kappa shape index (κ2) is 7.25. The Balaban J connectivity index is 1.67. The van der Waals surface area contributed by atoms with Crippen LogP contribution < -0.4 is 4.90 Å². The summed E-state index contributed by atoms with van der Waals surface area (Å²) in [6, 6.07) is 17.5. The molecule has 0 spiro atoms. The normalized spacial score (nSPS) is 19.9. The molecule has 0 bridgehead atoms. The van der Waals surface area contributed by atoms with Crippen molar-refractivity contribution in [2.24, 2.45) is 0 Å². The summed E-state index contributed by atoms with van der Waals surface area (Å²) in [6.07, 6.45) is 1.17. The molecular formula is C18H22BrN3. The minimum absolute atomic E-state index is 0.595. The van der Waals surface area contributed by atoms with Crippen molar-refractivity contribution in [2.45, 2.75) is 25.9 Å². The van der Waals surface area contributed by atoms with Crippen LogP contribution in [0.15, 0.2) is 53.1 Å². The van der Waals surface area contributed by atoms with Crippen LogP contribution in [0.1, 0.15) is 18.9 Å². The molecule has 1 aliphatic rings. The van der Waals surface area contributed by atoms with Gasteiger partial charge in [0.2, 0.25) is 0 Å². The van der Waals surface area contributed by atoms with Crippen molar-refractivity contribution in [2.75, 3.05) is 24.5 Å². The highest BCUT2D eigenvalue weighted by Gasteiger charge is 2.21. The van der Waals surface area contributed by atoms with Crippen LogP contribution in [0.3, 0.4) is 0 Å². The zero-order valence-corrected chi connectivity index (χ0v) is 14.5. The van der Waals surface area contributed by atoms with Gasteiger partial charge in [-0.15, -0.1) is 0 Å². The molecule has 0 saturated carbocycles. The van der Waals surface area contributed by atoms with Gasteiger partial charge in [0.05, 0.1) is 0 Å². The number of hydrogen-bond donors (Lipinski definition) is 0. The molecule has 0 N–H and O–H groups in total. The van der Waals surface area contributed by atoms with Gasteiger partial charge in [-0.1, -0.05) is 36.4 Å². The molecule has 2 aromatic rings. The Kier molecular flexibility index (Phi) is 5.11. The Labute approximate surface area is 141 Å². The first-order valence-electron chi connectivity index (χ1n) is 7.88. The lowest BCUT2D eigenvalue weighted by molar-refractivity contribution is 0.212. The molecule has 1 aromatic heterocycles. The number of aromatic nitrogens is 1. The molecule has 1 atom stereocenters. The number of nitrogens with zero attached hydrogens (tertiary/aromatic N) is 3. The first kappa shape index (κ1) is 15.5. The van der Waals surface area contributed by atoms with E-state index in [0.717, 1.165) is 36.6 Å². The van der Waals surface area contributed by atoms with E-state index in [9.17, 15) is 0 Å². The quantitative estimate of drug-likeness (QED) is 0.773. The Morgan fingerprint density at radius 3 is 2.64 bits per heavy atom. The summed E-state index contributed by atoms with van der Waals surface area (Å²) in [4.78, 5) is 9.57. The van der Waals surface area contributed by atoms with Gasteiger partial charge in [-0.2, -0.15) is 0 Å². The van der Waals surface area contributed by atoms with Crippen LogP contribution in [-0.4, -0.2) is 35.6 Å². The van der Waals surface area contributed by atoms with Crippen LogP contribution in [0.2, 0.25) is 0 Å². The minimum atomic E-state index is 0.595. The summed E-state index contributed by atoms with van der Waals surface area (Å²) in [5.74, 6) is 1.07. The molecule has 116 valence electrons. The second-order valence-electron chi connectivity index (χ2n) is 5.90. The highest BCUT2D eigenvalue weighted by Crippen LogP contribution is 2.20. The van der Waals surface area contributed by atoms with Crippen molar-refractivity contribution in [3.63, 3.8) is 0 Å². The fourth-order valence-electron chi connectivity index (χ4n) is 2.96. The van der Waals surface area contributed by atoms with Gasteiger partial charge >= 0.3 is 0 Å². The lowest BCUT2D eigenvalue weighted by atomic mass is 10.1. The van der Waals surface area contributed by atoms with Gasteiger partial charge in [-0.25, -0.2) is 4.98 Å². The van der Waals surface area contributed by atoms with Gasteiger partial charge in [0.1, 0.15) is 10.4 Å². The molecule has 3 rings (SSSR count). The molecule has 1 fully saturated rings. The SMILES string of the molecule is CC1CCN(c2cccc(Br)n2)CCN1Cc1ccccc1. The summed E-state index contributed by atoms with van der Waals surface area (Å²) < 4.78 is 0.906. The monoisotopic (exact) mass is 359 g/mol. The summed E-state index contributed by atoms with van der Waals surface area (Å²) in [6.45, 7) is 6.53. The number of anilines is 1. The van der Waals surface area contributed by atoms with Crippen LogP contribution in [-0.2, 0) is 6.54 Å². The maximum atomic E-state index is 4.60. The van der Waals surface area contributed by atoms with E-state index < -0.39 is 0 Å². The van der Waals surface area contributed by atoms with Gasteiger partial charge in [0.15, 0.2) is 0 Å². The molecule has 0 amide bonds. The first-order chi connectivity index (χ1) is 10.7. The molecule has 1 unspecified atom stereocenters. The van der Waals surface area contributed by atoms with Crippen molar-refractivity contribution in [1.29, 1.82) is 0 Å². The molecule has 1 aliphatic heterocycles. The first-order valence-corrected chi connectivity index (χ1v) is 8.67. The van der Waals surface area contributed by atoms with E-state index in [1.807, 2.05) is 6.07 Å². The Morgan fingerprint density at radius 2 is 1.86 bits per heavy atom. The van der Waals surface area contributed by atoms with E-state index in [0.29, 0.717) is 6.04 Å². The number of rotatable bonds is 3. The number of halogens is 1. The molecule has 0 aliphatic carbocycles. The predicted octanol–water partition coefficient (Wildman–Crippen LogP) is 3.94. The molecule has 1 aromatic carbocycles. The van der Waals surface area contributed by atoms with Gasteiger partial charge in [-0.05, 0) is 47.0 Å². The van der Waals surface area contributed by atoms with E-state index in [-0.39, 0.29) is 0 Å². The Morgan fingerprint density at radius 1 is 1.05 bits per heavy atom. The van der Waals surface area contributed by atoms with Gasteiger partial charge in [0, 0.05) is 32.2 Å². The van der Waals surface area contributed by atoms with E-state index in [4.69, 9.17) is 0 Å². The van der Waals surface area contributed by atoms with Crippen LogP contribution >= 0.6 is 15.9 Å². The van der Waals surface area contributed by atoms with Crippen molar-refractivity contribution in [3.05, 3.63) is 58.7 Å². The van der Waals surface area contributed by atoms with E-state index in [1.54, 1.807) is 0 Å². The third kappa shape index (κ3) is 3.87. The maximum Gasteiger partial charge on any atom is 0.129 e. The van der Waals surface area contributed by atoms with Gasteiger partial charge in [-0.3, -0.25) is 4.90 Å². The molecule has 4 heteroatoms. The zero-order valence-electron chi connectivity index (χ0n) is 13.0. The van der Waals surface area contributed by atoms with Crippen LogP contribution in [0.25, 0.3) is 0 Å². The highest BCUT2D eigenvalue weighted by molar-refractivity contribution is 9.10. The van der Waals surface area contributed by atoms with E-state index in [1.165, 1.54) is 12.0 Å². The molecule has 3 nitrogen and oxygen atoms in total. The molecule has 22 heavy (non-hydrogen) atoms. The second-order valence-corrected chi connectivity index (χ2v) is 6.71. The largest absolute Gasteiger partial charge is 0.355 e. The number of benzene rings is 1. The van der Waals surface area contributed by atoms with Crippen molar-refractivity contribution in [1.82, 2.24) is 9.88 Å². The van der Waals surface area contributed by atoms with E-state index in [2.05, 4.69) is 80.1 Å². The highest BCUT2D eigenvalue weighted by atomic mass is 79.9. The number of hydrogen-bond acceptors (Lipinski definition) is 3. The molecular weight excluding hydrogens is 338 g/mol. The summed E-state index contributed by atoms with van der Waals surface area (Å²) >= 11 is 3.47. The van der Waals surface area contributed by atoms with Crippen molar-refractivity contribution >= 4 is 21.7 Å². The molecule has 1 saturated heterocycles. The van der Waals surface area contributed by atoms with Crippen LogP contribution in [0.5, 0.6) is 0 Å². The fourth-order valence-corrected chi connectivity index (χ4v) is 3.30. The molecule has 2 heterocycles. The Hall–Kier alpha value is -1.39. The van der Waals surface area contributed by atoms with E-state index >= 15 is 0 Å². The third-order valence-electron chi connectivity index (χ3n) is 4.35. The average Bonchev–Trinajstić information content (AvgIpc) is 2.71. The minimum Gasteiger partial charge on any atom is -0.355 e. The Bertz CT molecular complexity index is 602. The zero-order chi connectivity index (χ0) is 15.4. The lowest BCUT2D eigenvalue weighted by Gasteiger charge is -2.26. The van der Waals surface area contributed by atoms with Crippen LogP contribution in [0, 0.1) is 0 Å². The van der Waals surface area contributed by atoms with Gasteiger partial charge in [0.25, 0.3) is 0 Å². The lowest BCUT2D eigenvalue weighted by Crippen LogP contribution is -2.34. The van der Waals surface area contributed by atoms with Crippen LogP contribution in [0.4, 0.5) is 5.82 Å². The third-order valence-corrected chi connectivity index (χ3v) is 4.79. The fraction of sp³-hybridized carbons (Fsp3) is 0.389. The average molecular weight is 360 g/mol. The number of pyridine rings is 1. The summed E-state index contributed by atoms with van der Waals surface area (Å²) in [5.41, 5.74) is 1.39. The molecule has 0 radical (unpaired) electrons. The standard InChI is InChI=1S/C18H22BrN3/c1-15-10-11-21(18-9-5-8-17(19)20-18)12-13-22(15)14-16-6-3-2-4-7-16/h2-9,15H,10-14H2,1H3. The topological polar surface area (TPSA) is 19.4 Å². The summed E-state index contributed by atoms with van der Waals surface area (Å²) in [5, 5.41) is 0.